The Bertz CT molecular complexity index is 1030. The van der Waals surface area contributed by atoms with Crippen LogP contribution in [-0.4, -0.2) is 30.4 Å². The van der Waals surface area contributed by atoms with Crippen molar-refractivity contribution in [2.75, 3.05) is 13.7 Å². The Balaban J connectivity index is 1.45. The number of amides is 1. The lowest BCUT2D eigenvalue weighted by molar-refractivity contribution is -0.128. The van der Waals surface area contributed by atoms with E-state index < -0.39 is 5.97 Å². The van der Waals surface area contributed by atoms with E-state index in [0.717, 1.165) is 35.1 Å². The molecule has 142 valence electrons. The van der Waals surface area contributed by atoms with Gasteiger partial charge in [-0.25, -0.2) is 4.79 Å². The minimum atomic E-state index is -0.411. The number of benzene rings is 3. The Kier molecular flexibility index (Phi) is 4.98. The number of methoxy groups -OCH3 is 1. The van der Waals surface area contributed by atoms with Gasteiger partial charge in [0.1, 0.15) is 11.5 Å². The fraction of sp³-hybridized carbons (Fsp3) is 0.217. The summed E-state index contributed by atoms with van der Waals surface area (Å²) in [6.45, 7) is 1.38. The number of carbonyl (C=O) groups is 2. The number of rotatable bonds is 5. The van der Waals surface area contributed by atoms with Gasteiger partial charge in [0.25, 0.3) is 0 Å². The molecule has 0 aromatic heterocycles. The van der Waals surface area contributed by atoms with Gasteiger partial charge in [0.05, 0.1) is 12.7 Å². The molecule has 0 bridgehead atoms. The van der Waals surface area contributed by atoms with E-state index in [4.69, 9.17) is 9.47 Å². The van der Waals surface area contributed by atoms with Crippen LogP contribution in [0.2, 0.25) is 0 Å². The summed E-state index contributed by atoms with van der Waals surface area (Å²) in [6, 6.07) is 18.5. The molecule has 1 heterocycles. The van der Waals surface area contributed by atoms with E-state index in [0.29, 0.717) is 24.3 Å². The van der Waals surface area contributed by atoms with Crippen LogP contribution in [0.15, 0.2) is 60.7 Å². The molecule has 3 aromatic rings. The van der Waals surface area contributed by atoms with Crippen LogP contribution < -0.4 is 9.47 Å². The van der Waals surface area contributed by atoms with Crippen LogP contribution in [0.3, 0.4) is 0 Å². The molecule has 0 aliphatic carbocycles. The fourth-order valence-electron chi connectivity index (χ4n) is 3.40. The third kappa shape index (κ3) is 3.83. The van der Waals surface area contributed by atoms with Crippen LogP contribution >= 0.6 is 0 Å². The predicted molar refractivity (Wildman–Crippen MR) is 107 cm³/mol. The molecule has 0 atom stereocenters. The number of esters is 1. The second-order valence-electron chi connectivity index (χ2n) is 6.88. The van der Waals surface area contributed by atoms with Gasteiger partial charge < -0.3 is 14.4 Å². The van der Waals surface area contributed by atoms with E-state index >= 15 is 0 Å². The lowest BCUT2D eigenvalue weighted by Crippen LogP contribution is -2.23. The van der Waals surface area contributed by atoms with Crippen molar-refractivity contribution in [3.05, 3.63) is 71.8 Å². The molecule has 1 amide bonds. The molecule has 1 fully saturated rings. The molecular formula is C23H21NO4. The SMILES string of the molecule is COc1ccc2ccc(OC(=O)c3ccc(CN4CCCC4=O)cc3)cc2c1. The second kappa shape index (κ2) is 7.72. The van der Waals surface area contributed by atoms with Gasteiger partial charge in [0, 0.05) is 19.5 Å². The molecule has 0 spiro atoms. The average molecular weight is 375 g/mol. The normalized spacial score (nSPS) is 13.8. The third-order valence-corrected chi connectivity index (χ3v) is 4.96. The van der Waals surface area contributed by atoms with Gasteiger partial charge in [0.2, 0.25) is 5.91 Å². The summed E-state index contributed by atoms with van der Waals surface area (Å²) in [5.41, 5.74) is 1.48. The lowest BCUT2D eigenvalue weighted by Gasteiger charge is -2.15. The maximum Gasteiger partial charge on any atom is 0.343 e. The molecule has 1 aliphatic rings. The Labute approximate surface area is 163 Å². The van der Waals surface area contributed by atoms with Crippen molar-refractivity contribution in [1.82, 2.24) is 4.90 Å². The van der Waals surface area contributed by atoms with E-state index in [9.17, 15) is 9.59 Å². The maximum atomic E-state index is 12.5. The van der Waals surface area contributed by atoms with E-state index in [-0.39, 0.29) is 5.91 Å². The van der Waals surface area contributed by atoms with Crippen LogP contribution in [0.25, 0.3) is 10.8 Å². The van der Waals surface area contributed by atoms with Crippen molar-refractivity contribution in [3.8, 4) is 11.5 Å². The first kappa shape index (κ1) is 18.0. The van der Waals surface area contributed by atoms with Gasteiger partial charge in [-0.1, -0.05) is 24.3 Å². The number of hydrogen-bond acceptors (Lipinski definition) is 4. The summed E-state index contributed by atoms with van der Waals surface area (Å²) in [4.78, 5) is 26.0. The van der Waals surface area contributed by atoms with E-state index in [2.05, 4.69) is 0 Å². The van der Waals surface area contributed by atoms with Crippen LogP contribution in [0, 0.1) is 0 Å². The molecule has 1 aliphatic heterocycles. The molecule has 3 aromatic carbocycles. The Hall–Kier alpha value is -3.34. The second-order valence-corrected chi connectivity index (χ2v) is 6.88. The van der Waals surface area contributed by atoms with Gasteiger partial charge in [-0.3, -0.25) is 4.79 Å². The molecule has 5 nitrogen and oxygen atoms in total. The molecule has 0 N–H and O–H groups in total. The first-order chi connectivity index (χ1) is 13.6. The predicted octanol–water partition coefficient (Wildman–Crippen LogP) is 4.19. The first-order valence-corrected chi connectivity index (χ1v) is 9.29. The average Bonchev–Trinajstić information content (AvgIpc) is 3.12. The summed E-state index contributed by atoms with van der Waals surface area (Å²) in [5.74, 6) is 1.02. The Morgan fingerprint density at radius 3 is 2.36 bits per heavy atom. The number of nitrogens with zero attached hydrogens (tertiary/aromatic N) is 1. The summed E-state index contributed by atoms with van der Waals surface area (Å²) in [7, 11) is 1.62. The molecule has 0 radical (unpaired) electrons. The van der Waals surface area contributed by atoms with Gasteiger partial charge in [0.15, 0.2) is 0 Å². The van der Waals surface area contributed by atoms with Crippen molar-refractivity contribution >= 4 is 22.6 Å². The topological polar surface area (TPSA) is 55.8 Å². The molecule has 28 heavy (non-hydrogen) atoms. The number of hydrogen-bond donors (Lipinski definition) is 0. The molecule has 5 heteroatoms. The Morgan fingerprint density at radius 1 is 0.964 bits per heavy atom. The monoisotopic (exact) mass is 375 g/mol. The summed E-state index contributed by atoms with van der Waals surface area (Å²) >= 11 is 0. The zero-order chi connectivity index (χ0) is 19.5. The van der Waals surface area contributed by atoms with Crippen molar-refractivity contribution in [1.29, 1.82) is 0 Å². The fourth-order valence-corrected chi connectivity index (χ4v) is 3.40. The van der Waals surface area contributed by atoms with Crippen LogP contribution in [0.4, 0.5) is 0 Å². The highest BCUT2D eigenvalue weighted by Gasteiger charge is 2.20. The minimum absolute atomic E-state index is 0.191. The van der Waals surface area contributed by atoms with Crippen molar-refractivity contribution < 1.29 is 19.1 Å². The minimum Gasteiger partial charge on any atom is -0.497 e. The number of likely N-dealkylation sites (tertiary alicyclic amines) is 1. The number of fused-ring (bicyclic) bond motifs is 1. The van der Waals surface area contributed by atoms with E-state index in [1.165, 1.54) is 0 Å². The Morgan fingerprint density at radius 2 is 1.68 bits per heavy atom. The standard InChI is InChI=1S/C23H21NO4/c1-27-20-10-8-17-9-11-21(14-19(17)13-20)28-23(26)18-6-4-16(5-7-18)15-24-12-2-3-22(24)25/h4-11,13-14H,2-3,12,15H2,1H3. The zero-order valence-electron chi connectivity index (χ0n) is 15.7. The van der Waals surface area contributed by atoms with E-state index in [1.54, 1.807) is 25.3 Å². The quantitative estimate of drug-likeness (QED) is 0.496. The van der Waals surface area contributed by atoms with Crippen molar-refractivity contribution in [2.24, 2.45) is 0 Å². The molecule has 1 saturated heterocycles. The number of carbonyl (C=O) groups excluding carboxylic acids is 2. The highest BCUT2D eigenvalue weighted by Crippen LogP contribution is 2.25. The highest BCUT2D eigenvalue weighted by molar-refractivity contribution is 5.92. The zero-order valence-corrected chi connectivity index (χ0v) is 15.7. The van der Waals surface area contributed by atoms with Crippen molar-refractivity contribution in [2.45, 2.75) is 19.4 Å². The first-order valence-electron chi connectivity index (χ1n) is 9.29. The molecule has 0 saturated carbocycles. The third-order valence-electron chi connectivity index (χ3n) is 4.96. The largest absolute Gasteiger partial charge is 0.497 e. The summed E-state index contributed by atoms with van der Waals surface area (Å²) in [6.07, 6.45) is 1.54. The van der Waals surface area contributed by atoms with E-state index in [1.807, 2.05) is 47.4 Å². The van der Waals surface area contributed by atoms with Gasteiger partial charge in [-0.2, -0.15) is 0 Å². The van der Waals surface area contributed by atoms with Gasteiger partial charge in [-0.05, 0) is 59.2 Å². The summed E-state index contributed by atoms with van der Waals surface area (Å²) in [5, 5.41) is 1.98. The van der Waals surface area contributed by atoms with Gasteiger partial charge in [-0.15, -0.1) is 0 Å². The molecular weight excluding hydrogens is 354 g/mol. The summed E-state index contributed by atoms with van der Waals surface area (Å²) < 4.78 is 10.8. The maximum absolute atomic E-state index is 12.5. The van der Waals surface area contributed by atoms with Gasteiger partial charge >= 0.3 is 5.97 Å². The molecule has 0 unspecified atom stereocenters. The molecule has 4 rings (SSSR count). The highest BCUT2D eigenvalue weighted by atomic mass is 16.5. The van der Waals surface area contributed by atoms with Crippen LogP contribution in [0.1, 0.15) is 28.8 Å². The lowest BCUT2D eigenvalue weighted by atomic mass is 10.1. The number of ether oxygens (including phenoxy) is 2. The smallest absolute Gasteiger partial charge is 0.343 e. The van der Waals surface area contributed by atoms with Crippen LogP contribution in [0.5, 0.6) is 11.5 Å². The van der Waals surface area contributed by atoms with Crippen molar-refractivity contribution in [3.63, 3.8) is 0 Å². The van der Waals surface area contributed by atoms with Crippen LogP contribution in [-0.2, 0) is 11.3 Å².